The number of carbonyl (C=O) groups is 1. The number of urea groups is 1. The number of nitrogens with one attached hydrogen (secondary N) is 1. The van der Waals surface area contributed by atoms with Crippen LogP contribution >= 0.6 is 0 Å². The molecular weight excluding hydrogens is 311 g/mol. The summed E-state index contributed by atoms with van der Waals surface area (Å²) >= 11 is 0. The fraction of sp³-hybridized carbons (Fsp3) is 0.375. The Morgan fingerprint density at radius 3 is 2.75 bits per heavy atom. The predicted octanol–water partition coefficient (Wildman–Crippen LogP) is 2.31. The number of nitrogens with zero attached hydrogens (tertiary/aromatic N) is 5. The zero-order chi connectivity index (χ0) is 17.1. The van der Waals surface area contributed by atoms with Gasteiger partial charge in [0.05, 0.1) is 0 Å². The van der Waals surface area contributed by atoms with Crippen molar-refractivity contribution >= 4 is 18.1 Å². The number of carbonyl (C=O) groups excluding carboxylic acids is 1. The van der Waals surface area contributed by atoms with Crippen LogP contribution in [0.5, 0.6) is 0 Å². The number of hydrogen-bond donors (Lipinski definition) is 1. The van der Waals surface area contributed by atoms with Crippen LogP contribution in [0.4, 0.5) is 15.1 Å². The van der Waals surface area contributed by atoms with Crippen molar-refractivity contribution in [2.24, 2.45) is 13.0 Å². The Kier molecular flexibility index (Phi) is 4.54. The number of halogens is 1. The van der Waals surface area contributed by atoms with E-state index in [1.165, 1.54) is 22.4 Å². The number of amides is 2. The molecule has 7 nitrogen and oxygen atoms in total. The van der Waals surface area contributed by atoms with Crippen molar-refractivity contribution in [3.05, 3.63) is 41.2 Å². The Morgan fingerprint density at radius 2 is 2.12 bits per heavy atom. The molecule has 0 spiro atoms. The lowest BCUT2D eigenvalue weighted by atomic mass is 9.91. The number of hydrogen-bond acceptors (Lipinski definition) is 4. The second-order valence-corrected chi connectivity index (χ2v) is 5.92. The molecule has 2 amide bonds. The lowest BCUT2D eigenvalue weighted by Gasteiger charge is -2.33. The van der Waals surface area contributed by atoms with E-state index in [9.17, 15) is 9.18 Å². The molecule has 126 valence electrons. The molecule has 2 aromatic rings. The second kappa shape index (κ2) is 6.77. The van der Waals surface area contributed by atoms with Gasteiger partial charge >= 0.3 is 6.03 Å². The van der Waals surface area contributed by atoms with E-state index >= 15 is 0 Å². The highest BCUT2D eigenvalue weighted by molar-refractivity contribution is 5.87. The van der Waals surface area contributed by atoms with Crippen molar-refractivity contribution in [3.63, 3.8) is 0 Å². The fourth-order valence-electron chi connectivity index (χ4n) is 2.73. The summed E-state index contributed by atoms with van der Waals surface area (Å²) in [7, 11) is 1.66. The predicted molar refractivity (Wildman–Crippen MR) is 87.5 cm³/mol. The van der Waals surface area contributed by atoms with Crippen LogP contribution in [0.25, 0.3) is 6.08 Å². The highest BCUT2D eigenvalue weighted by atomic mass is 19.1. The lowest BCUT2D eigenvalue weighted by molar-refractivity contribution is 0.197. The summed E-state index contributed by atoms with van der Waals surface area (Å²) in [6.07, 6.45) is 2.86. The van der Waals surface area contributed by atoms with E-state index in [2.05, 4.69) is 33.8 Å². The largest absolute Gasteiger partial charge is 0.324 e. The number of likely N-dealkylation sites (tertiary alicyclic amines) is 1. The van der Waals surface area contributed by atoms with Gasteiger partial charge in [-0.1, -0.05) is 35.8 Å². The Hall–Kier alpha value is -2.77. The van der Waals surface area contributed by atoms with Crippen molar-refractivity contribution in [2.75, 3.05) is 18.4 Å². The van der Waals surface area contributed by atoms with Crippen LogP contribution in [-0.4, -0.2) is 44.2 Å². The smallest absolute Gasteiger partial charge is 0.324 e. The van der Waals surface area contributed by atoms with Gasteiger partial charge in [-0.2, -0.15) is 0 Å². The highest BCUT2D eigenvalue weighted by Crippen LogP contribution is 2.25. The maximum Gasteiger partial charge on any atom is 0.324 e. The number of aryl methyl sites for hydroxylation is 1. The molecule has 1 aliphatic heterocycles. The van der Waals surface area contributed by atoms with Crippen molar-refractivity contribution in [3.8, 4) is 0 Å². The average molecular weight is 330 g/mol. The first-order valence-corrected chi connectivity index (χ1v) is 7.77. The monoisotopic (exact) mass is 330 g/mol. The summed E-state index contributed by atoms with van der Waals surface area (Å²) in [6.45, 7) is 3.32. The molecule has 0 aliphatic carbocycles. The molecule has 1 aromatic heterocycles. The Balaban J connectivity index is 1.63. The lowest BCUT2D eigenvalue weighted by Crippen LogP contribution is -2.42. The fourth-order valence-corrected chi connectivity index (χ4v) is 2.73. The topological polar surface area (TPSA) is 75.9 Å². The van der Waals surface area contributed by atoms with E-state index in [1.54, 1.807) is 24.1 Å². The summed E-state index contributed by atoms with van der Waals surface area (Å²) < 4.78 is 14.4. The third-order valence-electron chi connectivity index (χ3n) is 4.15. The van der Waals surface area contributed by atoms with Crippen LogP contribution in [0, 0.1) is 11.7 Å². The van der Waals surface area contributed by atoms with E-state index in [4.69, 9.17) is 0 Å². The average Bonchev–Trinajstić information content (AvgIpc) is 2.96. The number of benzene rings is 1. The third-order valence-corrected chi connectivity index (χ3v) is 4.15. The summed E-state index contributed by atoms with van der Waals surface area (Å²) in [5.41, 5.74) is 2.23. The minimum absolute atomic E-state index is 0.208. The maximum atomic E-state index is 13.0. The molecule has 1 aliphatic rings. The van der Waals surface area contributed by atoms with Gasteiger partial charge < -0.3 is 4.90 Å². The summed E-state index contributed by atoms with van der Waals surface area (Å²) in [5.74, 6) is 0.308. The van der Waals surface area contributed by atoms with Crippen LogP contribution in [0.2, 0.25) is 0 Å². The van der Waals surface area contributed by atoms with E-state index in [-0.39, 0.29) is 17.8 Å². The first-order valence-electron chi connectivity index (χ1n) is 7.77. The van der Waals surface area contributed by atoms with Crippen LogP contribution < -0.4 is 5.32 Å². The van der Waals surface area contributed by atoms with Gasteiger partial charge in [-0.05, 0) is 40.5 Å². The van der Waals surface area contributed by atoms with Gasteiger partial charge in [0.25, 0.3) is 5.95 Å². The summed E-state index contributed by atoms with van der Waals surface area (Å²) in [4.78, 5) is 14.1. The number of piperidine rings is 1. The molecule has 1 unspecified atom stereocenters. The van der Waals surface area contributed by atoms with E-state index in [1.807, 2.05) is 0 Å². The number of rotatable bonds is 2. The molecule has 1 saturated heterocycles. The Bertz CT molecular complexity index is 754. The van der Waals surface area contributed by atoms with Gasteiger partial charge in [-0.25, -0.2) is 13.9 Å². The zero-order valence-electron chi connectivity index (χ0n) is 13.6. The van der Waals surface area contributed by atoms with Crippen LogP contribution in [0.3, 0.4) is 0 Å². The molecule has 0 saturated carbocycles. The van der Waals surface area contributed by atoms with Crippen LogP contribution in [-0.2, 0) is 7.05 Å². The molecule has 2 heterocycles. The SMILES string of the molecule is CC1CN(C(=O)Nc2nnnn2C)CCC1=Cc1ccc(F)cc1. The van der Waals surface area contributed by atoms with Gasteiger partial charge in [0.1, 0.15) is 5.82 Å². The molecule has 24 heavy (non-hydrogen) atoms. The Labute approximate surface area is 139 Å². The van der Waals surface area contributed by atoms with Crippen molar-refractivity contribution in [1.82, 2.24) is 25.1 Å². The highest BCUT2D eigenvalue weighted by Gasteiger charge is 2.25. The quantitative estimate of drug-likeness (QED) is 0.917. The molecule has 1 aromatic carbocycles. The van der Waals surface area contributed by atoms with E-state index in [0.29, 0.717) is 19.0 Å². The van der Waals surface area contributed by atoms with Crippen molar-refractivity contribution < 1.29 is 9.18 Å². The third kappa shape index (κ3) is 3.58. The number of aromatic nitrogens is 4. The van der Waals surface area contributed by atoms with Crippen LogP contribution in [0.1, 0.15) is 18.9 Å². The summed E-state index contributed by atoms with van der Waals surface area (Å²) in [6, 6.07) is 6.22. The first-order chi connectivity index (χ1) is 11.5. The molecule has 3 rings (SSSR count). The first kappa shape index (κ1) is 16.1. The maximum absolute atomic E-state index is 13.0. The van der Waals surface area contributed by atoms with Crippen LogP contribution in [0.15, 0.2) is 29.8 Å². The van der Waals surface area contributed by atoms with E-state index < -0.39 is 0 Å². The minimum atomic E-state index is -0.241. The standard InChI is InChI=1S/C16H19FN6O/c1-11-10-23(16(24)18-15-19-20-21-22(15)2)8-7-13(11)9-12-3-5-14(17)6-4-12/h3-6,9,11H,7-8,10H2,1-2H3,(H,18,19,21,24). The van der Waals surface area contributed by atoms with Gasteiger partial charge in [0, 0.05) is 20.1 Å². The van der Waals surface area contributed by atoms with Gasteiger partial charge in [-0.3, -0.25) is 5.32 Å². The molecule has 1 atom stereocenters. The number of tetrazole rings is 1. The van der Waals surface area contributed by atoms with Crippen molar-refractivity contribution in [2.45, 2.75) is 13.3 Å². The molecule has 0 radical (unpaired) electrons. The van der Waals surface area contributed by atoms with E-state index in [0.717, 1.165) is 12.0 Å². The zero-order valence-corrected chi connectivity index (χ0v) is 13.6. The van der Waals surface area contributed by atoms with Gasteiger partial charge in [-0.15, -0.1) is 0 Å². The normalized spacial score (nSPS) is 19.5. The number of anilines is 1. The Morgan fingerprint density at radius 1 is 1.38 bits per heavy atom. The molecule has 8 heteroatoms. The summed E-state index contributed by atoms with van der Waals surface area (Å²) in [5, 5.41) is 13.6. The van der Waals surface area contributed by atoms with Gasteiger partial charge in [0.2, 0.25) is 0 Å². The van der Waals surface area contributed by atoms with Crippen molar-refractivity contribution in [1.29, 1.82) is 0 Å². The van der Waals surface area contributed by atoms with Gasteiger partial charge in [0.15, 0.2) is 0 Å². The minimum Gasteiger partial charge on any atom is -0.324 e. The molecule has 0 bridgehead atoms. The molecule has 1 N–H and O–H groups in total. The molecule has 1 fully saturated rings. The molecular formula is C16H19FN6O. The second-order valence-electron chi connectivity index (χ2n) is 5.92.